The van der Waals surface area contributed by atoms with E-state index in [4.69, 9.17) is 16.3 Å². The smallest absolute Gasteiger partial charge is 0.411 e. The Morgan fingerprint density at radius 1 is 1.04 bits per heavy atom. The fourth-order valence-corrected chi connectivity index (χ4v) is 7.15. The number of nitrogens with zero attached hydrogens (tertiary/aromatic N) is 5. The van der Waals surface area contributed by atoms with Gasteiger partial charge in [-0.25, -0.2) is 23.8 Å². The molecule has 7 rings (SSSR count). The first kappa shape index (κ1) is 38.0. The number of aromatic nitrogens is 3. The first-order valence-corrected chi connectivity index (χ1v) is 17.5. The maximum atomic E-state index is 16.3. The number of alkyl halides is 6. The monoisotopic (exact) mass is 789 g/mol. The van der Waals surface area contributed by atoms with Crippen molar-refractivity contribution in [3.63, 3.8) is 0 Å². The maximum Gasteiger partial charge on any atom is 0.411 e. The Kier molecular flexibility index (Phi) is 9.50. The Bertz CT molecular complexity index is 2130. The van der Waals surface area contributed by atoms with Crippen LogP contribution in [0, 0.1) is 5.41 Å². The molecule has 1 saturated heterocycles. The van der Waals surface area contributed by atoms with Crippen molar-refractivity contribution in [1.29, 1.82) is 0 Å². The number of ether oxygens (including phenoxy) is 2. The predicted octanol–water partition coefficient (Wildman–Crippen LogP) is 8.15. The molecule has 2 N–H and O–H groups in total. The molecule has 3 heterocycles. The number of carbonyl (C=O) groups is 2. The van der Waals surface area contributed by atoms with E-state index >= 15 is 9.18 Å². The van der Waals surface area contributed by atoms with Crippen LogP contribution in [0.2, 0.25) is 5.02 Å². The minimum atomic E-state index is -4.71. The van der Waals surface area contributed by atoms with Gasteiger partial charge in [-0.3, -0.25) is 9.69 Å². The van der Waals surface area contributed by atoms with Crippen LogP contribution in [-0.4, -0.2) is 62.6 Å². The fraction of sp³-hybridized carbons (Fsp3) is 0.378. The number of aliphatic imine (C=N–C) groups is 1. The normalized spacial score (nSPS) is 21.6. The summed E-state index contributed by atoms with van der Waals surface area (Å²) in [6.45, 7) is 2.07. The largest absolute Gasteiger partial charge is 0.447 e. The second-order valence-corrected chi connectivity index (χ2v) is 15.2. The van der Waals surface area contributed by atoms with Crippen LogP contribution in [0.3, 0.4) is 0 Å². The molecule has 3 aromatic carbocycles. The zero-order valence-corrected chi connectivity index (χ0v) is 30.3. The molecule has 0 radical (unpaired) electrons. The van der Waals surface area contributed by atoms with Crippen LogP contribution in [0.25, 0.3) is 16.8 Å². The second kappa shape index (κ2) is 13.8. The van der Waals surface area contributed by atoms with Crippen LogP contribution in [0.5, 0.6) is 5.75 Å². The molecule has 2 bridgehead atoms. The highest BCUT2D eigenvalue weighted by Crippen LogP contribution is 2.49. The summed E-state index contributed by atoms with van der Waals surface area (Å²) < 4.78 is 93.8. The Balaban J connectivity index is 1.31. The van der Waals surface area contributed by atoms with Gasteiger partial charge in [-0.05, 0) is 71.2 Å². The third kappa shape index (κ3) is 7.28. The summed E-state index contributed by atoms with van der Waals surface area (Å²) in [6.07, 6.45) is -7.65. The lowest BCUT2D eigenvalue weighted by Crippen LogP contribution is -2.49. The van der Waals surface area contributed by atoms with E-state index in [1.807, 2.05) is 26.1 Å². The van der Waals surface area contributed by atoms with Crippen LogP contribution >= 0.6 is 11.6 Å². The van der Waals surface area contributed by atoms with Gasteiger partial charge < -0.3 is 20.1 Å². The number of fused-ring (bicyclic) bond motifs is 5. The highest BCUT2D eigenvalue weighted by Gasteiger charge is 2.65. The summed E-state index contributed by atoms with van der Waals surface area (Å²) in [5, 5.41) is 9.39. The third-order valence-corrected chi connectivity index (χ3v) is 9.97. The molecule has 55 heavy (non-hydrogen) atoms. The minimum Gasteiger partial charge on any atom is -0.447 e. The highest BCUT2D eigenvalue weighted by atomic mass is 35.5. The van der Waals surface area contributed by atoms with Gasteiger partial charge in [-0.2, -0.15) is 27.1 Å². The first-order chi connectivity index (χ1) is 25.9. The van der Waals surface area contributed by atoms with E-state index in [9.17, 15) is 26.7 Å². The lowest BCUT2D eigenvalue weighted by atomic mass is 9.75. The molecule has 4 aromatic rings. The van der Waals surface area contributed by atoms with Gasteiger partial charge in [0.2, 0.25) is 5.96 Å². The van der Waals surface area contributed by atoms with Crippen molar-refractivity contribution in [2.24, 2.45) is 10.4 Å². The summed E-state index contributed by atoms with van der Waals surface area (Å²) in [6, 6.07) is 16.1. The molecule has 1 unspecified atom stereocenters. The molecule has 2 aliphatic heterocycles. The molecule has 290 valence electrons. The second-order valence-electron chi connectivity index (χ2n) is 14.8. The first-order valence-electron chi connectivity index (χ1n) is 17.1. The number of hydrogen-bond acceptors (Lipinski definition) is 8. The molecule has 2 amide bonds. The number of amides is 2. The minimum absolute atomic E-state index is 0.0169. The molecular formula is C37H34ClF6N7O4. The summed E-state index contributed by atoms with van der Waals surface area (Å²) in [7, 11) is 0. The van der Waals surface area contributed by atoms with Crippen LogP contribution in [0.4, 0.5) is 31.1 Å². The third-order valence-electron chi connectivity index (χ3n) is 9.65. The van der Waals surface area contributed by atoms with Crippen molar-refractivity contribution >= 4 is 29.6 Å². The summed E-state index contributed by atoms with van der Waals surface area (Å²) in [4.78, 5) is 37.6. The van der Waals surface area contributed by atoms with Crippen molar-refractivity contribution in [3.05, 3.63) is 95.0 Å². The number of guanidine groups is 1. The molecule has 3 aliphatic rings. The van der Waals surface area contributed by atoms with Crippen molar-refractivity contribution in [2.45, 2.75) is 76.2 Å². The van der Waals surface area contributed by atoms with Crippen molar-refractivity contribution in [2.75, 3.05) is 6.61 Å². The van der Waals surface area contributed by atoms with E-state index in [1.165, 1.54) is 24.3 Å². The van der Waals surface area contributed by atoms with Crippen LogP contribution in [0.1, 0.15) is 69.3 Å². The number of rotatable bonds is 8. The summed E-state index contributed by atoms with van der Waals surface area (Å²) in [5.74, 6) is -1.14. The van der Waals surface area contributed by atoms with Gasteiger partial charge in [0.15, 0.2) is 5.82 Å². The van der Waals surface area contributed by atoms with E-state index in [2.05, 4.69) is 25.1 Å². The number of carbonyl (C=O) groups excluding carboxylic acids is 2. The molecule has 3 atom stereocenters. The molecule has 2 fully saturated rings. The Morgan fingerprint density at radius 3 is 2.29 bits per heavy atom. The van der Waals surface area contributed by atoms with E-state index in [-0.39, 0.29) is 47.5 Å². The van der Waals surface area contributed by atoms with E-state index in [0.29, 0.717) is 22.3 Å². The number of benzene rings is 3. The topological polar surface area (TPSA) is 123 Å². The SMILES string of the molecule is CC(C)(C)C[C@]1(c2ccc(-c3ccc(OC(F)F)cc3)cc2)NC2=NC(F)c3ncnn3-c3cc(ccc3Cl)[C@@H](COC(=O)NC3(C(F)(F)F)CC3)N2C1=O. The van der Waals surface area contributed by atoms with Crippen molar-refractivity contribution in [1.82, 2.24) is 30.3 Å². The van der Waals surface area contributed by atoms with Crippen LogP contribution in [0.15, 0.2) is 78.0 Å². The maximum absolute atomic E-state index is 16.3. The lowest BCUT2D eigenvalue weighted by Gasteiger charge is -2.35. The molecule has 1 aromatic heterocycles. The van der Waals surface area contributed by atoms with Crippen molar-refractivity contribution in [3.8, 4) is 22.6 Å². The Hall–Kier alpha value is -5.32. The summed E-state index contributed by atoms with van der Waals surface area (Å²) >= 11 is 6.52. The van der Waals surface area contributed by atoms with Crippen molar-refractivity contribution < 1.29 is 45.4 Å². The fourth-order valence-electron chi connectivity index (χ4n) is 6.95. The molecule has 0 spiro atoms. The van der Waals surface area contributed by atoms with Gasteiger partial charge in [-0.15, -0.1) is 0 Å². The number of alkyl carbamates (subject to hydrolysis) is 1. The molecule has 11 nitrogen and oxygen atoms in total. The predicted molar refractivity (Wildman–Crippen MR) is 187 cm³/mol. The average molecular weight is 790 g/mol. The van der Waals surface area contributed by atoms with Gasteiger partial charge in [0.25, 0.3) is 12.2 Å². The average Bonchev–Trinajstić information content (AvgIpc) is 3.65. The van der Waals surface area contributed by atoms with E-state index in [1.54, 1.807) is 42.5 Å². The molecule has 18 heteroatoms. The van der Waals surface area contributed by atoms with Crippen LogP contribution < -0.4 is 15.4 Å². The standard InChI is InChI=1S/C37H34ClF6N7O4/c1-34(2,3)18-36(23-9-4-20(5-10-23)21-6-11-24(12-7-21)55-31(40)41)30(52)50-27(17-54-33(53)49-35(14-15-35)37(42,43)44)22-8-13-25(38)26(16-22)51-29(45-19-46-51)28(39)47-32(50)48-36/h4-13,16,19,27-28,31H,14-15,17-18H2,1-3H3,(H,47,48)(H,49,53)/t27-,28?,36-/m1/s1. The molecule has 1 aliphatic carbocycles. The van der Waals surface area contributed by atoms with Crippen LogP contribution in [-0.2, 0) is 15.1 Å². The van der Waals surface area contributed by atoms with E-state index < -0.39 is 60.2 Å². The van der Waals surface area contributed by atoms with Gasteiger partial charge in [0, 0.05) is 0 Å². The van der Waals surface area contributed by atoms with Gasteiger partial charge in [-0.1, -0.05) is 74.8 Å². The highest BCUT2D eigenvalue weighted by molar-refractivity contribution is 6.32. The summed E-state index contributed by atoms with van der Waals surface area (Å²) in [5.41, 5.74) is -2.28. The van der Waals surface area contributed by atoms with E-state index in [0.717, 1.165) is 15.9 Å². The van der Waals surface area contributed by atoms with Gasteiger partial charge in [0.1, 0.15) is 29.8 Å². The number of nitrogens with one attached hydrogen (secondary N) is 2. The van der Waals surface area contributed by atoms with Gasteiger partial charge >= 0.3 is 18.9 Å². The van der Waals surface area contributed by atoms with Gasteiger partial charge in [0.05, 0.1) is 16.8 Å². The Morgan fingerprint density at radius 2 is 1.69 bits per heavy atom. The zero-order valence-electron chi connectivity index (χ0n) is 29.5. The lowest BCUT2D eigenvalue weighted by molar-refractivity contribution is -0.164. The Labute approximate surface area is 315 Å². The molecular weight excluding hydrogens is 756 g/mol. The zero-order chi connectivity index (χ0) is 39.5. The quantitative estimate of drug-likeness (QED) is 0.137. The molecule has 1 saturated carbocycles. The number of halogens is 7. The number of hydrogen-bond donors (Lipinski definition) is 2.